The van der Waals surface area contributed by atoms with E-state index in [9.17, 15) is 0 Å². The van der Waals surface area contributed by atoms with Crippen LogP contribution in [-0.2, 0) is 0 Å². The highest BCUT2D eigenvalue weighted by molar-refractivity contribution is 5.87. The molecule has 0 bridgehead atoms. The molecule has 1 atom stereocenters. The van der Waals surface area contributed by atoms with Crippen LogP contribution >= 0.6 is 0 Å². The highest BCUT2D eigenvalue weighted by Crippen LogP contribution is 2.11. The van der Waals surface area contributed by atoms with E-state index in [1.807, 2.05) is 0 Å². The lowest BCUT2D eigenvalue weighted by Crippen LogP contribution is -2.39. The lowest BCUT2D eigenvalue weighted by Gasteiger charge is -2.30. The van der Waals surface area contributed by atoms with Crippen molar-refractivity contribution in [3.63, 3.8) is 0 Å². The van der Waals surface area contributed by atoms with E-state index in [1.54, 1.807) is 0 Å². The molecule has 1 aliphatic rings. The summed E-state index contributed by atoms with van der Waals surface area (Å²) in [6, 6.07) is 0.529. The number of rotatable bonds is 1. The van der Waals surface area contributed by atoms with Crippen LogP contribution in [0.5, 0.6) is 0 Å². The number of nitrogens with two attached hydrogens (primary N) is 1. The highest BCUT2D eigenvalue weighted by atomic mass is 15.3. The summed E-state index contributed by atoms with van der Waals surface area (Å²) in [7, 11) is 2.11. The van der Waals surface area contributed by atoms with E-state index in [0.717, 1.165) is 25.1 Å². The van der Waals surface area contributed by atoms with Gasteiger partial charge in [-0.15, -0.1) is 0 Å². The van der Waals surface area contributed by atoms with E-state index >= 15 is 0 Å². The van der Waals surface area contributed by atoms with Gasteiger partial charge in [-0.25, -0.2) is 5.43 Å². The van der Waals surface area contributed by atoms with E-state index in [1.165, 1.54) is 0 Å². The standard InChI is InChI=1S/C8H17N5/c1-6-5-7(3-4-13(6)2)11-12-8(9)10/h6H,3-5H2,1-2H3,(H4,9,10,12). The van der Waals surface area contributed by atoms with Crippen molar-refractivity contribution in [2.45, 2.75) is 25.8 Å². The van der Waals surface area contributed by atoms with Gasteiger partial charge in [0, 0.05) is 31.1 Å². The Bertz CT molecular complexity index is 223. The first kappa shape index (κ1) is 9.98. The molecule has 0 radical (unpaired) electrons. The summed E-state index contributed by atoms with van der Waals surface area (Å²) in [6.45, 7) is 3.20. The van der Waals surface area contributed by atoms with Gasteiger partial charge in [0.1, 0.15) is 0 Å². The fraction of sp³-hybridized carbons (Fsp3) is 0.750. The maximum Gasteiger partial charge on any atom is 0.206 e. The van der Waals surface area contributed by atoms with Gasteiger partial charge in [0.2, 0.25) is 5.96 Å². The topological polar surface area (TPSA) is 77.5 Å². The first-order valence-corrected chi connectivity index (χ1v) is 4.45. The van der Waals surface area contributed by atoms with Gasteiger partial charge in [-0.2, -0.15) is 5.10 Å². The second kappa shape index (κ2) is 4.23. The zero-order valence-corrected chi connectivity index (χ0v) is 8.17. The van der Waals surface area contributed by atoms with Gasteiger partial charge in [-0.3, -0.25) is 5.41 Å². The van der Waals surface area contributed by atoms with Gasteiger partial charge < -0.3 is 10.6 Å². The largest absolute Gasteiger partial charge is 0.369 e. The molecule has 1 unspecified atom stereocenters. The van der Waals surface area contributed by atoms with Gasteiger partial charge >= 0.3 is 0 Å². The summed E-state index contributed by atoms with van der Waals surface area (Å²) < 4.78 is 0. The molecule has 13 heavy (non-hydrogen) atoms. The second-order valence-corrected chi connectivity index (χ2v) is 3.49. The maximum atomic E-state index is 6.95. The first-order valence-electron chi connectivity index (χ1n) is 4.45. The van der Waals surface area contributed by atoms with Gasteiger partial charge in [-0.1, -0.05) is 0 Å². The number of piperidine rings is 1. The third kappa shape index (κ3) is 3.02. The van der Waals surface area contributed by atoms with E-state index in [0.29, 0.717) is 6.04 Å². The molecule has 5 nitrogen and oxygen atoms in total. The van der Waals surface area contributed by atoms with E-state index in [-0.39, 0.29) is 5.96 Å². The van der Waals surface area contributed by atoms with Gasteiger partial charge in [0.05, 0.1) is 0 Å². The Morgan fingerprint density at radius 3 is 3.00 bits per heavy atom. The van der Waals surface area contributed by atoms with Gasteiger partial charge in [-0.05, 0) is 14.0 Å². The fourth-order valence-electron chi connectivity index (χ4n) is 1.37. The van der Waals surface area contributed by atoms with Crippen molar-refractivity contribution in [2.75, 3.05) is 13.6 Å². The Balaban J connectivity index is 2.45. The van der Waals surface area contributed by atoms with Crippen LogP contribution in [0.25, 0.3) is 0 Å². The minimum atomic E-state index is -0.0981. The number of nitrogens with one attached hydrogen (secondary N) is 2. The zero-order valence-electron chi connectivity index (χ0n) is 8.17. The average Bonchev–Trinajstić information content (AvgIpc) is 2.07. The fourth-order valence-corrected chi connectivity index (χ4v) is 1.37. The smallest absolute Gasteiger partial charge is 0.206 e. The summed E-state index contributed by atoms with van der Waals surface area (Å²) in [5, 5.41) is 11.0. The summed E-state index contributed by atoms with van der Waals surface area (Å²) in [5.41, 5.74) is 8.71. The Kier molecular flexibility index (Phi) is 3.25. The number of hydrogen-bond acceptors (Lipinski definition) is 3. The third-order valence-electron chi connectivity index (χ3n) is 2.37. The average molecular weight is 183 g/mol. The van der Waals surface area contributed by atoms with Crippen LogP contribution in [0.3, 0.4) is 0 Å². The molecule has 1 heterocycles. The number of likely N-dealkylation sites (tertiary alicyclic amines) is 1. The van der Waals surface area contributed by atoms with Crippen molar-refractivity contribution >= 4 is 11.7 Å². The van der Waals surface area contributed by atoms with Crippen LogP contribution in [-0.4, -0.2) is 36.2 Å². The Morgan fingerprint density at radius 2 is 2.46 bits per heavy atom. The predicted molar refractivity (Wildman–Crippen MR) is 53.8 cm³/mol. The van der Waals surface area contributed by atoms with Crippen molar-refractivity contribution < 1.29 is 0 Å². The van der Waals surface area contributed by atoms with Crippen LogP contribution in [0.2, 0.25) is 0 Å². The first-order chi connectivity index (χ1) is 6.09. The van der Waals surface area contributed by atoms with Crippen molar-refractivity contribution in [3.8, 4) is 0 Å². The second-order valence-electron chi connectivity index (χ2n) is 3.49. The molecule has 1 saturated heterocycles. The van der Waals surface area contributed by atoms with E-state index in [4.69, 9.17) is 11.1 Å². The van der Waals surface area contributed by atoms with Crippen molar-refractivity contribution in [3.05, 3.63) is 0 Å². The SMILES string of the molecule is CC1CC(=NNC(=N)N)CCN1C. The quantitative estimate of drug-likeness (QED) is 0.303. The molecule has 74 valence electrons. The lowest BCUT2D eigenvalue weighted by molar-refractivity contribution is 0.252. The van der Waals surface area contributed by atoms with Gasteiger partial charge in [0.25, 0.3) is 0 Å². The van der Waals surface area contributed by atoms with E-state index in [2.05, 4.69) is 29.4 Å². The van der Waals surface area contributed by atoms with Crippen LogP contribution in [0.15, 0.2) is 5.10 Å². The van der Waals surface area contributed by atoms with Crippen molar-refractivity contribution in [1.82, 2.24) is 10.3 Å². The molecular weight excluding hydrogens is 166 g/mol. The molecule has 0 spiro atoms. The molecule has 1 aliphatic heterocycles. The summed E-state index contributed by atoms with van der Waals surface area (Å²) in [5.74, 6) is -0.0981. The van der Waals surface area contributed by atoms with Crippen LogP contribution in [0, 0.1) is 5.41 Å². The molecule has 0 aromatic rings. The minimum absolute atomic E-state index is 0.0981. The Morgan fingerprint density at radius 1 is 1.77 bits per heavy atom. The number of hydrazone groups is 1. The molecule has 1 rings (SSSR count). The van der Waals surface area contributed by atoms with Gasteiger partial charge in [0.15, 0.2) is 0 Å². The normalized spacial score (nSPS) is 27.5. The molecule has 0 aromatic carbocycles. The molecule has 4 N–H and O–H groups in total. The molecule has 5 heteroatoms. The summed E-state index contributed by atoms with van der Waals surface area (Å²) in [4.78, 5) is 2.30. The molecule has 0 aliphatic carbocycles. The Hall–Kier alpha value is -1.10. The maximum absolute atomic E-state index is 6.95. The number of hydrogen-bond donors (Lipinski definition) is 3. The van der Waals surface area contributed by atoms with Crippen molar-refractivity contribution in [2.24, 2.45) is 10.8 Å². The van der Waals surface area contributed by atoms with Crippen LogP contribution in [0.1, 0.15) is 19.8 Å². The van der Waals surface area contributed by atoms with Crippen LogP contribution in [0.4, 0.5) is 0 Å². The third-order valence-corrected chi connectivity index (χ3v) is 2.37. The Labute approximate surface area is 78.5 Å². The number of guanidine groups is 1. The van der Waals surface area contributed by atoms with Crippen LogP contribution < -0.4 is 11.2 Å². The highest BCUT2D eigenvalue weighted by Gasteiger charge is 2.18. The molecule has 0 amide bonds. The summed E-state index contributed by atoms with van der Waals surface area (Å²) in [6.07, 6.45) is 1.91. The molecule has 0 aromatic heterocycles. The predicted octanol–water partition coefficient (Wildman–Crippen LogP) is -0.0604. The monoisotopic (exact) mass is 183 g/mol. The summed E-state index contributed by atoms with van der Waals surface area (Å²) >= 11 is 0. The molecular formula is C8H17N5. The molecule has 1 fully saturated rings. The number of nitrogens with zero attached hydrogens (tertiary/aromatic N) is 2. The molecule has 0 saturated carbocycles. The van der Waals surface area contributed by atoms with E-state index < -0.39 is 0 Å². The minimum Gasteiger partial charge on any atom is -0.369 e. The van der Waals surface area contributed by atoms with Crippen molar-refractivity contribution in [1.29, 1.82) is 5.41 Å². The lowest BCUT2D eigenvalue weighted by atomic mass is 10.0. The zero-order chi connectivity index (χ0) is 9.84.